The van der Waals surface area contributed by atoms with Gasteiger partial charge in [0.05, 0.1) is 0 Å². The second kappa shape index (κ2) is 3.38. The number of nitrogens with zero attached hydrogens (tertiary/aromatic N) is 1. The van der Waals surface area contributed by atoms with Crippen LogP contribution in [0.3, 0.4) is 0 Å². The first-order valence-corrected chi connectivity index (χ1v) is 4.42. The van der Waals surface area contributed by atoms with Crippen molar-refractivity contribution in [3.8, 4) is 0 Å². The molecule has 0 N–H and O–H groups in total. The predicted octanol–water partition coefficient (Wildman–Crippen LogP) is 1.98. The van der Waals surface area contributed by atoms with E-state index in [-0.39, 0.29) is 0 Å². The van der Waals surface area contributed by atoms with Gasteiger partial charge in [-0.3, -0.25) is 0 Å². The Morgan fingerprint density at radius 2 is 1.80 bits per heavy atom. The molecule has 0 aromatic heterocycles. The van der Waals surface area contributed by atoms with Gasteiger partial charge in [-0.25, -0.2) is 0 Å². The summed E-state index contributed by atoms with van der Waals surface area (Å²) in [6, 6.07) is 0. The van der Waals surface area contributed by atoms with Gasteiger partial charge in [0.1, 0.15) is 0 Å². The van der Waals surface area contributed by atoms with Gasteiger partial charge in [-0.1, -0.05) is 20.8 Å². The third kappa shape index (κ3) is 2.70. The summed E-state index contributed by atoms with van der Waals surface area (Å²) in [4.78, 5) is 2.50. The number of rotatable bonds is 4. The lowest BCUT2D eigenvalue weighted by Crippen LogP contribution is -2.10. The van der Waals surface area contributed by atoms with Crippen LogP contribution in [0.4, 0.5) is 0 Å². The molecule has 0 saturated carbocycles. The highest BCUT2D eigenvalue weighted by Crippen LogP contribution is 2.16. The van der Waals surface area contributed by atoms with Crippen molar-refractivity contribution < 1.29 is 0 Å². The molecular weight excluding hydrogens is 122 g/mol. The van der Waals surface area contributed by atoms with Crippen LogP contribution in [0.5, 0.6) is 0 Å². The summed E-state index contributed by atoms with van der Waals surface area (Å²) in [5.74, 6) is 1.76. The molecule has 0 bridgehead atoms. The van der Waals surface area contributed by atoms with Crippen molar-refractivity contribution in [3.05, 3.63) is 0 Å². The fourth-order valence-corrected chi connectivity index (χ4v) is 1.01. The van der Waals surface area contributed by atoms with Crippen molar-refractivity contribution >= 4 is 0 Å². The molecule has 0 radical (unpaired) electrons. The summed E-state index contributed by atoms with van der Waals surface area (Å²) in [6.07, 6.45) is 1.39. The lowest BCUT2D eigenvalue weighted by Gasteiger charge is -2.14. The van der Waals surface area contributed by atoms with E-state index in [4.69, 9.17) is 0 Å². The van der Waals surface area contributed by atoms with E-state index in [1.807, 2.05) is 0 Å². The third-order valence-electron chi connectivity index (χ3n) is 2.58. The third-order valence-corrected chi connectivity index (χ3v) is 2.58. The fraction of sp³-hybridized carbons (Fsp3) is 1.00. The van der Waals surface area contributed by atoms with E-state index < -0.39 is 0 Å². The molecule has 60 valence electrons. The Balaban J connectivity index is 1.99. The standard InChI is InChI=1S/C9H19N/c1-8(2)9(3)4-5-10-6-7-10/h8-9H,4-7H2,1-3H3. The van der Waals surface area contributed by atoms with E-state index in [1.165, 1.54) is 26.1 Å². The highest BCUT2D eigenvalue weighted by molar-refractivity contribution is 4.73. The van der Waals surface area contributed by atoms with E-state index in [2.05, 4.69) is 25.7 Å². The Labute approximate surface area is 64.4 Å². The Bertz CT molecular complexity index is 94.9. The smallest absolute Gasteiger partial charge is 0.0110 e. The summed E-state index contributed by atoms with van der Waals surface area (Å²) in [7, 11) is 0. The van der Waals surface area contributed by atoms with E-state index in [0.717, 1.165) is 11.8 Å². The quantitative estimate of drug-likeness (QED) is 0.541. The highest BCUT2D eigenvalue weighted by atomic mass is 15.2. The van der Waals surface area contributed by atoms with Gasteiger partial charge in [0.15, 0.2) is 0 Å². The zero-order valence-corrected chi connectivity index (χ0v) is 7.43. The van der Waals surface area contributed by atoms with Gasteiger partial charge in [-0.05, 0) is 24.8 Å². The van der Waals surface area contributed by atoms with Crippen LogP contribution in [-0.4, -0.2) is 24.5 Å². The molecule has 0 aromatic carbocycles. The lowest BCUT2D eigenvalue weighted by atomic mass is 9.95. The van der Waals surface area contributed by atoms with Crippen LogP contribution in [0.1, 0.15) is 27.2 Å². The Morgan fingerprint density at radius 3 is 2.20 bits per heavy atom. The minimum atomic E-state index is 0.861. The van der Waals surface area contributed by atoms with Crippen molar-refractivity contribution in [2.24, 2.45) is 11.8 Å². The monoisotopic (exact) mass is 141 g/mol. The minimum absolute atomic E-state index is 0.861. The minimum Gasteiger partial charge on any atom is -0.301 e. The highest BCUT2D eigenvalue weighted by Gasteiger charge is 2.17. The molecule has 1 heterocycles. The largest absolute Gasteiger partial charge is 0.301 e. The van der Waals surface area contributed by atoms with Crippen molar-refractivity contribution in [1.29, 1.82) is 0 Å². The zero-order chi connectivity index (χ0) is 7.56. The lowest BCUT2D eigenvalue weighted by molar-refractivity contribution is 0.359. The van der Waals surface area contributed by atoms with Crippen molar-refractivity contribution in [2.75, 3.05) is 19.6 Å². The number of hydrogen-bond acceptors (Lipinski definition) is 1. The molecule has 1 nitrogen and oxygen atoms in total. The van der Waals surface area contributed by atoms with Gasteiger partial charge >= 0.3 is 0 Å². The Hall–Kier alpha value is -0.0400. The first kappa shape index (κ1) is 8.06. The predicted molar refractivity (Wildman–Crippen MR) is 45.1 cm³/mol. The Kier molecular flexibility index (Phi) is 2.72. The SMILES string of the molecule is CC(C)C(C)CCN1CC1. The van der Waals surface area contributed by atoms with Crippen molar-refractivity contribution in [2.45, 2.75) is 27.2 Å². The number of hydrogen-bond donors (Lipinski definition) is 0. The normalized spacial score (nSPS) is 21.6. The molecule has 0 amide bonds. The second-order valence-electron chi connectivity index (χ2n) is 3.85. The molecule has 0 aliphatic carbocycles. The average Bonchev–Trinajstić information content (AvgIpc) is 2.64. The van der Waals surface area contributed by atoms with Gasteiger partial charge < -0.3 is 4.90 Å². The van der Waals surface area contributed by atoms with Crippen LogP contribution in [0.2, 0.25) is 0 Å². The van der Waals surface area contributed by atoms with Gasteiger partial charge in [0.25, 0.3) is 0 Å². The molecule has 1 heteroatoms. The molecule has 1 aliphatic heterocycles. The van der Waals surface area contributed by atoms with E-state index in [1.54, 1.807) is 0 Å². The maximum atomic E-state index is 2.50. The molecule has 0 aromatic rings. The molecular formula is C9H19N. The van der Waals surface area contributed by atoms with E-state index >= 15 is 0 Å². The molecule has 1 aliphatic rings. The summed E-state index contributed by atoms with van der Waals surface area (Å²) in [5, 5.41) is 0. The van der Waals surface area contributed by atoms with Crippen molar-refractivity contribution in [3.63, 3.8) is 0 Å². The maximum Gasteiger partial charge on any atom is 0.0110 e. The fourth-order valence-electron chi connectivity index (χ4n) is 1.01. The van der Waals surface area contributed by atoms with Gasteiger partial charge in [-0.2, -0.15) is 0 Å². The molecule has 1 fully saturated rings. The molecule has 1 atom stereocenters. The van der Waals surface area contributed by atoms with Crippen LogP contribution >= 0.6 is 0 Å². The topological polar surface area (TPSA) is 3.01 Å². The Morgan fingerprint density at radius 1 is 1.20 bits per heavy atom. The van der Waals surface area contributed by atoms with Crippen molar-refractivity contribution in [1.82, 2.24) is 4.90 Å². The molecule has 0 spiro atoms. The average molecular weight is 141 g/mol. The first-order chi connectivity index (χ1) is 4.70. The molecule has 1 rings (SSSR count). The van der Waals surface area contributed by atoms with Crippen LogP contribution < -0.4 is 0 Å². The zero-order valence-electron chi connectivity index (χ0n) is 7.43. The van der Waals surface area contributed by atoms with Crippen LogP contribution in [0, 0.1) is 11.8 Å². The van der Waals surface area contributed by atoms with Crippen LogP contribution in [0.15, 0.2) is 0 Å². The molecule has 1 saturated heterocycles. The summed E-state index contributed by atoms with van der Waals surface area (Å²) in [5.41, 5.74) is 0. The van der Waals surface area contributed by atoms with Gasteiger partial charge in [0.2, 0.25) is 0 Å². The summed E-state index contributed by atoms with van der Waals surface area (Å²) < 4.78 is 0. The molecule has 1 unspecified atom stereocenters. The first-order valence-electron chi connectivity index (χ1n) is 4.42. The second-order valence-corrected chi connectivity index (χ2v) is 3.85. The molecule has 10 heavy (non-hydrogen) atoms. The summed E-state index contributed by atoms with van der Waals surface area (Å²) in [6.45, 7) is 11.0. The van der Waals surface area contributed by atoms with Crippen LogP contribution in [0.25, 0.3) is 0 Å². The van der Waals surface area contributed by atoms with E-state index in [9.17, 15) is 0 Å². The van der Waals surface area contributed by atoms with Gasteiger partial charge in [-0.15, -0.1) is 0 Å². The van der Waals surface area contributed by atoms with Gasteiger partial charge in [0, 0.05) is 13.1 Å². The van der Waals surface area contributed by atoms with E-state index in [0.29, 0.717) is 0 Å². The van der Waals surface area contributed by atoms with Crippen LogP contribution in [-0.2, 0) is 0 Å². The summed E-state index contributed by atoms with van der Waals surface area (Å²) >= 11 is 0. The maximum absolute atomic E-state index is 2.50.